The SMILES string of the molecule is Cc1cccc(N2CC(CCl)CC2=O)c1F. The highest BCUT2D eigenvalue weighted by atomic mass is 35.5. The summed E-state index contributed by atoms with van der Waals surface area (Å²) < 4.78 is 13.8. The van der Waals surface area contributed by atoms with Crippen LogP contribution in [0, 0.1) is 18.7 Å². The maximum atomic E-state index is 13.8. The Morgan fingerprint density at radius 3 is 2.94 bits per heavy atom. The molecule has 0 bridgehead atoms. The van der Waals surface area contributed by atoms with Crippen molar-refractivity contribution < 1.29 is 9.18 Å². The van der Waals surface area contributed by atoms with Gasteiger partial charge in [-0.05, 0) is 24.5 Å². The van der Waals surface area contributed by atoms with Gasteiger partial charge in [0.15, 0.2) is 0 Å². The highest BCUT2D eigenvalue weighted by Gasteiger charge is 2.31. The van der Waals surface area contributed by atoms with Crippen molar-refractivity contribution in [3.63, 3.8) is 0 Å². The fourth-order valence-corrected chi connectivity index (χ4v) is 2.16. The molecule has 16 heavy (non-hydrogen) atoms. The minimum atomic E-state index is -0.314. The van der Waals surface area contributed by atoms with Gasteiger partial charge in [-0.2, -0.15) is 0 Å². The predicted molar refractivity (Wildman–Crippen MR) is 62.3 cm³/mol. The third-order valence-electron chi connectivity index (χ3n) is 2.89. The van der Waals surface area contributed by atoms with E-state index in [0.717, 1.165) is 0 Å². The second-order valence-electron chi connectivity index (χ2n) is 4.14. The molecule has 1 amide bonds. The summed E-state index contributed by atoms with van der Waals surface area (Å²) in [6.07, 6.45) is 0.414. The highest BCUT2D eigenvalue weighted by Crippen LogP contribution is 2.28. The van der Waals surface area contributed by atoms with E-state index in [9.17, 15) is 9.18 Å². The molecule has 1 heterocycles. The van der Waals surface area contributed by atoms with Crippen LogP contribution in [0.3, 0.4) is 0 Å². The molecule has 0 aliphatic carbocycles. The molecule has 1 aromatic carbocycles. The minimum Gasteiger partial charge on any atom is -0.309 e. The first-order chi connectivity index (χ1) is 7.63. The Balaban J connectivity index is 2.31. The molecule has 1 saturated heterocycles. The molecule has 0 spiro atoms. The molecule has 1 aromatic rings. The molecule has 0 saturated carbocycles. The zero-order chi connectivity index (χ0) is 11.7. The van der Waals surface area contributed by atoms with E-state index < -0.39 is 0 Å². The van der Waals surface area contributed by atoms with Crippen LogP contribution in [0.25, 0.3) is 0 Å². The van der Waals surface area contributed by atoms with Crippen molar-refractivity contribution in [1.29, 1.82) is 0 Å². The summed E-state index contributed by atoms with van der Waals surface area (Å²) in [6, 6.07) is 5.09. The molecule has 0 N–H and O–H groups in total. The number of nitrogens with zero attached hydrogens (tertiary/aromatic N) is 1. The highest BCUT2D eigenvalue weighted by molar-refractivity contribution is 6.18. The maximum absolute atomic E-state index is 13.8. The number of benzene rings is 1. The van der Waals surface area contributed by atoms with E-state index in [0.29, 0.717) is 30.1 Å². The van der Waals surface area contributed by atoms with Gasteiger partial charge in [-0.3, -0.25) is 4.79 Å². The lowest BCUT2D eigenvalue weighted by Gasteiger charge is -2.17. The minimum absolute atomic E-state index is 0.0462. The topological polar surface area (TPSA) is 20.3 Å². The molecule has 0 aromatic heterocycles. The van der Waals surface area contributed by atoms with E-state index in [1.807, 2.05) is 0 Å². The molecule has 0 radical (unpaired) electrons. The van der Waals surface area contributed by atoms with Crippen LogP contribution in [0.2, 0.25) is 0 Å². The van der Waals surface area contributed by atoms with Crippen LogP contribution in [-0.4, -0.2) is 18.3 Å². The third-order valence-corrected chi connectivity index (χ3v) is 3.32. The molecule has 1 aliphatic rings. The predicted octanol–water partition coefficient (Wildman–Crippen LogP) is 2.73. The van der Waals surface area contributed by atoms with Crippen molar-refractivity contribution in [3.8, 4) is 0 Å². The van der Waals surface area contributed by atoms with Crippen molar-refractivity contribution in [2.75, 3.05) is 17.3 Å². The largest absolute Gasteiger partial charge is 0.309 e. The average Bonchev–Trinajstić information content (AvgIpc) is 2.64. The fourth-order valence-electron chi connectivity index (χ4n) is 1.96. The first-order valence-corrected chi connectivity index (χ1v) is 5.78. The van der Waals surface area contributed by atoms with Crippen molar-refractivity contribution in [3.05, 3.63) is 29.6 Å². The summed E-state index contributed by atoms with van der Waals surface area (Å²) in [7, 11) is 0. The number of halogens is 2. The Morgan fingerprint density at radius 1 is 1.56 bits per heavy atom. The van der Waals surface area contributed by atoms with Crippen molar-refractivity contribution in [2.45, 2.75) is 13.3 Å². The smallest absolute Gasteiger partial charge is 0.227 e. The van der Waals surface area contributed by atoms with E-state index in [2.05, 4.69) is 0 Å². The number of hydrogen-bond acceptors (Lipinski definition) is 1. The lowest BCUT2D eigenvalue weighted by atomic mass is 10.1. The Kier molecular flexibility index (Phi) is 3.15. The Bertz CT molecular complexity index is 421. The van der Waals surface area contributed by atoms with E-state index in [-0.39, 0.29) is 17.6 Å². The van der Waals surface area contributed by atoms with Crippen LogP contribution in [0.4, 0.5) is 10.1 Å². The molecule has 1 fully saturated rings. The lowest BCUT2D eigenvalue weighted by molar-refractivity contribution is -0.117. The summed E-state index contributed by atoms with van der Waals surface area (Å²) in [4.78, 5) is 13.2. The summed E-state index contributed by atoms with van der Waals surface area (Å²) in [6.45, 7) is 2.21. The van der Waals surface area contributed by atoms with Gasteiger partial charge in [-0.15, -0.1) is 11.6 Å². The summed E-state index contributed by atoms with van der Waals surface area (Å²) >= 11 is 5.72. The number of carbonyl (C=O) groups excluding carboxylic acids is 1. The maximum Gasteiger partial charge on any atom is 0.227 e. The second kappa shape index (κ2) is 4.42. The number of rotatable bonds is 2. The van der Waals surface area contributed by atoms with Gasteiger partial charge >= 0.3 is 0 Å². The number of alkyl halides is 1. The van der Waals surface area contributed by atoms with Crippen LogP contribution < -0.4 is 4.90 Å². The average molecular weight is 242 g/mol. The molecule has 86 valence electrons. The Hall–Kier alpha value is -1.09. The molecule has 1 atom stereocenters. The quantitative estimate of drug-likeness (QED) is 0.729. The van der Waals surface area contributed by atoms with Crippen molar-refractivity contribution >= 4 is 23.2 Å². The van der Waals surface area contributed by atoms with Crippen LogP contribution >= 0.6 is 11.6 Å². The van der Waals surface area contributed by atoms with E-state index in [1.54, 1.807) is 25.1 Å². The Morgan fingerprint density at radius 2 is 2.31 bits per heavy atom. The third kappa shape index (κ3) is 1.92. The van der Waals surface area contributed by atoms with Gasteiger partial charge in [-0.1, -0.05) is 12.1 Å². The monoisotopic (exact) mass is 241 g/mol. The fraction of sp³-hybridized carbons (Fsp3) is 0.417. The number of amides is 1. The van der Waals surface area contributed by atoms with Gasteiger partial charge in [0, 0.05) is 18.8 Å². The zero-order valence-corrected chi connectivity index (χ0v) is 9.80. The number of anilines is 1. The molecule has 2 nitrogen and oxygen atoms in total. The van der Waals surface area contributed by atoms with E-state index >= 15 is 0 Å². The molecule has 4 heteroatoms. The van der Waals surface area contributed by atoms with E-state index in [4.69, 9.17) is 11.6 Å². The van der Waals surface area contributed by atoms with Gasteiger partial charge < -0.3 is 4.90 Å². The van der Waals surface area contributed by atoms with Gasteiger partial charge in [0.25, 0.3) is 0 Å². The van der Waals surface area contributed by atoms with Crippen LogP contribution in [0.5, 0.6) is 0 Å². The summed E-state index contributed by atoms with van der Waals surface area (Å²) in [5, 5.41) is 0. The summed E-state index contributed by atoms with van der Waals surface area (Å²) in [5.41, 5.74) is 0.928. The number of hydrogen-bond donors (Lipinski definition) is 0. The molecule has 1 aliphatic heterocycles. The molecular weight excluding hydrogens is 229 g/mol. The first kappa shape index (κ1) is 11.4. The van der Waals surface area contributed by atoms with Crippen molar-refractivity contribution in [1.82, 2.24) is 0 Å². The second-order valence-corrected chi connectivity index (χ2v) is 4.45. The van der Waals surface area contributed by atoms with Crippen LogP contribution in [0.15, 0.2) is 18.2 Å². The first-order valence-electron chi connectivity index (χ1n) is 5.25. The number of carbonyl (C=O) groups is 1. The molecule has 2 rings (SSSR count). The van der Waals surface area contributed by atoms with E-state index in [1.165, 1.54) is 4.90 Å². The van der Waals surface area contributed by atoms with Crippen molar-refractivity contribution in [2.24, 2.45) is 5.92 Å². The van der Waals surface area contributed by atoms with Gasteiger partial charge in [0.1, 0.15) is 5.82 Å². The lowest BCUT2D eigenvalue weighted by Crippen LogP contribution is -2.25. The van der Waals surface area contributed by atoms with Gasteiger partial charge in [-0.25, -0.2) is 4.39 Å². The van der Waals surface area contributed by atoms with Gasteiger partial charge in [0.2, 0.25) is 5.91 Å². The molecule has 1 unspecified atom stereocenters. The number of aryl methyl sites for hydroxylation is 1. The zero-order valence-electron chi connectivity index (χ0n) is 9.04. The van der Waals surface area contributed by atoms with Crippen LogP contribution in [0.1, 0.15) is 12.0 Å². The molecular formula is C12H13ClFNO. The summed E-state index contributed by atoms with van der Waals surface area (Å²) in [5.74, 6) is 0.214. The van der Waals surface area contributed by atoms with Gasteiger partial charge in [0.05, 0.1) is 5.69 Å². The Labute approximate surface area is 99.0 Å². The van der Waals surface area contributed by atoms with Crippen LogP contribution in [-0.2, 0) is 4.79 Å². The standard InChI is InChI=1S/C12H13ClFNO/c1-8-3-2-4-10(12(8)14)15-7-9(6-13)5-11(15)16/h2-4,9H,5-7H2,1H3. The normalized spacial score (nSPS) is 20.6.